The topological polar surface area (TPSA) is 93.5 Å². The second kappa shape index (κ2) is 10.8. The molecule has 4 rings (SSSR count). The monoisotopic (exact) mass is 530 g/mol. The first-order chi connectivity index (χ1) is 17.4. The van der Waals surface area contributed by atoms with Gasteiger partial charge in [-0.2, -0.15) is 5.10 Å². The number of aromatic nitrogens is 2. The van der Waals surface area contributed by atoms with Gasteiger partial charge >= 0.3 is 0 Å². The summed E-state index contributed by atoms with van der Waals surface area (Å²) in [6.45, 7) is 12.4. The van der Waals surface area contributed by atoms with Gasteiger partial charge in [0.25, 0.3) is 0 Å². The molecule has 1 saturated heterocycles. The number of carbonyl (C=O) groups excluding carboxylic acids is 1. The number of amides is 1. The van der Waals surface area contributed by atoms with Gasteiger partial charge in [-0.15, -0.1) is 0 Å². The van der Waals surface area contributed by atoms with Crippen molar-refractivity contribution in [1.29, 1.82) is 0 Å². The number of hydrogen-bond donors (Lipinski definition) is 1. The van der Waals surface area contributed by atoms with Crippen molar-refractivity contribution in [2.24, 2.45) is 5.41 Å². The van der Waals surface area contributed by atoms with Crippen molar-refractivity contribution in [2.45, 2.75) is 96.0 Å². The van der Waals surface area contributed by atoms with Crippen molar-refractivity contribution in [3.05, 3.63) is 40.7 Å². The third-order valence-electron chi connectivity index (χ3n) is 8.13. The minimum atomic E-state index is -3.62. The SMILES string of the molecule is COc1cc(C)c(S(=O)(=O)Cc2cc(C)n(CC(=O)NC3CCC(N4CCCC4)CC3(C)C)n2)c(C)c1. The van der Waals surface area contributed by atoms with Crippen LogP contribution in [0.5, 0.6) is 5.75 Å². The number of nitrogens with one attached hydrogen (secondary N) is 1. The van der Waals surface area contributed by atoms with E-state index in [2.05, 4.69) is 29.2 Å². The fraction of sp³-hybridized carbons (Fsp3) is 0.643. The van der Waals surface area contributed by atoms with Crippen LogP contribution in [0.25, 0.3) is 0 Å². The second-order valence-corrected chi connectivity index (χ2v) is 13.5. The molecular formula is C28H42N4O4S. The summed E-state index contributed by atoms with van der Waals surface area (Å²) in [6, 6.07) is 5.95. The Morgan fingerprint density at radius 1 is 1.11 bits per heavy atom. The van der Waals surface area contributed by atoms with Crippen molar-refractivity contribution in [3.63, 3.8) is 0 Å². The van der Waals surface area contributed by atoms with E-state index in [4.69, 9.17) is 4.74 Å². The Balaban J connectivity index is 1.40. The lowest BCUT2D eigenvalue weighted by Crippen LogP contribution is -2.53. The van der Waals surface area contributed by atoms with Crippen LogP contribution in [-0.2, 0) is 26.9 Å². The molecule has 2 unspecified atom stereocenters. The molecule has 0 bridgehead atoms. The number of rotatable bonds is 8. The van der Waals surface area contributed by atoms with E-state index in [0.717, 1.165) is 25.0 Å². The van der Waals surface area contributed by atoms with Crippen LogP contribution in [0.4, 0.5) is 0 Å². The third-order valence-corrected chi connectivity index (χ3v) is 10.1. The van der Waals surface area contributed by atoms with Crippen molar-refractivity contribution in [1.82, 2.24) is 20.0 Å². The van der Waals surface area contributed by atoms with Gasteiger partial charge in [-0.25, -0.2) is 8.42 Å². The van der Waals surface area contributed by atoms with Crippen LogP contribution in [0, 0.1) is 26.2 Å². The fourth-order valence-electron chi connectivity index (χ4n) is 6.26. The van der Waals surface area contributed by atoms with E-state index >= 15 is 0 Å². The van der Waals surface area contributed by atoms with Gasteiger partial charge in [-0.05, 0) is 101 Å². The molecule has 1 aliphatic carbocycles. The average molecular weight is 531 g/mol. The zero-order valence-corrected chi connectivity index (χ0v) is 24.0. The predicted molar refractivity (Wildman–Crippen MR) is 144 cm³/mol. The van der Waals surface area contributed by atoms with Crippen LogP contribution in [0.15, 0.2) is 23.1 Å². The highest BCUT2D eigenvalue weighted by Crippen LogP contribution is 2.38. The Hall–Kier alpha value is -2.39. The molecular weight excluding hydrogens is 488 g/mol. The lowest BCUT2D eigenvalue weighted by Gasteiger charge is -2.45. The maximum atomic E-state index is 13.3. The number of aryl methyl sites for hydroxylation is 3. The summed E-state index contributed by atoms with van der Waals surface area (Å²) in [4.78, 5) is 15.9. The first kappa shape index (κ1) is 27.6. The summed E-state index contributed by atoms with van der Waals surface area (Å²) in [5, 5.41) is 7.75. The number of methoxy groups -OCH3 is 1. The molecule has 0 radical (unpaired) electrons. The standard InChI is InChI=1S/C28H42N4O4S/c1-19-13-24(36-6)14-20(2)27(19)37(34,35)18-22-15-21(3)32(30-22)17-26(33)29-25-10-9-23(16-28(25,4)5)31-11-7-8-12-31/h13-15,23,25H,7-12,16-18H2,1-6H3,(H,29,33). The van der Waals surface area contributed by atoms with Crippen molar-refractivity contribution in [3.8, 4) is 5.75 Å². The largest absolute Gasteiger partial charge is 0.497 e. The highest BCUT2D eigenvalue weighted by Gasteiger charge is 2.40. The minimum absolute atomic E-state index is 0.0215. The molecule has 2 fully saturated rings. The van der Waals surface area contributed by atoms with Gasteiger partial charge in [-0.1, -0.05) is 13.8 Å². The van der Waals surface area contributed by atoms with E-state index in [1.54, 1.807) is 43.8 Å². The molecule has 2 heterocycles. The number of carbonyl (C=O) groups is 1. The van der Waals surface area contributed by atoms with E-state index < -0.39 is 9.84 Å². The molecule has 8 nitrogen and oxygen atoms in total. The van der Waals surface area contributed by atoms with Gasteiger partial charge in [0.05, 0.1) is 23.5 Å². The number of likely N-dealkylation sites (tertiary alicyclic amines) is 1. The van der Waals surface area contributed by atoms with Gasteiger partial charge in [0.2, 0.25) is 5.91 Å². The third kappa shape index (κ3) is 6.20. The first-order valence-corrected chi connectivity index (χ1v) is 15.0. The second-order valence-electron chi connectivity index (χ2n) is 11.6. The van der Waals surface area contributed by atoms with Crippen LogP contribution in [-0.4, -0.2) is 61.3 Å². The molecule has 1 N–H and O–H groups in total. The zero-order valence-electron chi connectivity index (χ0n) is 23.1. The number of nitrogens with zero attached hydrogens (tertiary/aromatic N) is 3. The smallest absolute Gasteiger partial charge is 0.241 e. The van der Waals surface area contributed by atoms with Gasteiger partial charge in [0, 0.05) is 17.8 Å². The van der Waals surface area contributed by atoms with Crippen LogP contribution in [0.1, 0.15) is 68.5 Å². The van der Waals surface area contributed by atoms with E-state index in [-0.39, 0.29) is 29.7 Å². The number of benzene rings is 1. The fourth-order valence-corrected chi connectivity index (χ4v) is 8.03. The van der Waals surface area contributed by atoms with Gasteiger partial charge in [0.1, 0.15) is 12.3 Å². The first-order valence-electron chi connectivity index (χ1n) is 13.3. The Bertz CT molecular complexity index is 1220. The number of ether oxygens (including phenoxy) is 1. The molecule has 1 aromatic carbocycles. The Morgan fingerprint density at radius 2 is 1.76 bits per heavy atom. The summed E-state index contributed by atoms with van der Waals surface area (Å²) >= 11 is 0. The number of sulfone groups is 1. The Kier molecular flexibility index (Phi) is 8.04. The van der Waals surface area contributed by atoms with Crippen molar-refractivity contribution < 1.29 is 17.9 Å². The van der Waals surface area contributed by atoms with E-state index in [9.17, 15) is 13.2 Å². The summed E-state index contributed by atoms with van der Waals surface area (Å²) in [5.74, 6) is 0.331. The van der Waals surface area contributed by atoms with Gasteiger partial charge in [-0.3, -0.25) is 9.48 Å². The molecule has 1 aromatic heterocycles. The van der Waals surface area contributed by atoms with Crippen LogP contribution in [0.3, 0.4) is 0 Å². The normalized spacial score (nSPS) is 22.2. The Labute approximate surface area is 221 Å². The molecule has 1 amide bonds. The molecule has 2 aliphatic rings. The van der Waals surface area contributed by atoms with Crippen molar-refractivity contribution in [2.75, 3.05) is 20.2 Å². The summed E-state index contributed by atoms with van der Waals surface area (Å²) < 4.78 is 33.4. The molecule has 2 aromatic rings. The van der Waals surface area contributed by atoms with Crippen molar-refractivity contribution >= 4 is 15.7 Å². The highest BCUT2D eigenvalue weighted by molar-refractivity contribution is 7.90. The van der Waals surface area contributed by atoms with Gasteiger partial charge in [0.15, 0.2) is 9.84 Å². The quantitative estimate of drug-likeness (QED) is 0.556. The van der Waals surface area contributed by atoms with E-state index in [0.29, 0.717) is 33.5 Å². The summed E-state index contributed by atoms with van der Waals surface area (Å²) in [6.07, 6.45) is 5.76. The van der Waals surface area contributed by atoms with Gasteiger partial charge < -0.3 is 15.0 Å². The highest BCUT2D eigenvalue weighted by atomic mass is 32.2. The van der Waals surface area contributed by atoms with Crippen LogP contribution >= 0.6 is 0 Å². The predicted octanol–water partition coefficient (Wildman–Crippen LogP) is 3.95. The minimum Gasteiger partial charge on any atom is -0.497 e. The molecule has 1 saturated carbocycles. The zero-order chi connectivity index (χ0) is 27.0. The maximum Gasteiger partial charge on any atom is 0.241 e. The van der Waals surface area contributed by atoms with E-state index in [1.807, 2.05) is 6.92 Å². The Morgan fingerprint density at radius 3 is 2.35 bits per heavy atom. The van der Waals surface area contributed by atoms with E-state index in [1.165, 1.54) is 25.9 Å². The maximum absolute atomic E-state index is 13.3. The molecule has 37 heavy (non-hydrogen) atoms. The molecule has 9 heteroatoms. The molecule has 204 valence electrons. The van der Waals surface area contributed by atoms with Crippen LogP contribution < -0.4 is 10.1 Å². The molecule has 1 aliphatic heterocycles. The van der Waals surface area contributed by atoms with Crippen LogP contribution in [0.2, 0.25) is 0 Å². The summed E-state index contributed by atoms with van der Waals surface area (Å²) in [7, 11) is -2.05. The molecule has 2 atom stereocenters. The lowest BCUT2D eigenvalue weighted by atomic mass is 9.70. The average Bonchev–Trinajstić information content (AvgIpc) is 3.44. The molecule has 0 spiro atoms. The summed E-state index contributed by atoms with van der Waals surface area (Å²) in [5.41, 5.74) is 2.52. The lowest BCUT2D eigenvalue weighted by molar-refractivity contribution is -0.124. The number of hydrogen-bond acceptors (Lipinski definition) is 6.